The molecule has 146 valence electrons. The molecule has 0 aliphatic rings. The third-order valence-corrected chi connectivity index (χ3v) is 4.82. The molecule has 10 heteroatoms. The number of benzene rings is 2. The van der Waals surface area contributed by atoms with Crippen LogP contribution in [0.15, 0.2) is 46.3 Å². The van der Waals surface area contributed by atoms with Crippen molar-refractivity contribution >= 4 is 28.6 Å². The number of carboxylic acid groups (broad SMARTS) is 1. The van der Waals surface area contributed by atoms with Gasteiger partial charge in [-0.25, -0.2) is 14.8 Å². The van der Waals surface area contributed by atoms with Crippen molar-refractivity contribution in [3.63, 3.8) is 0 Å². The molecular formula is C18H13F3N2O4S. The van der Waals surface area contributed by atoms with Crippen LogP contribution >= 0.6 is 11.8 Å². The number of hydrogen-bond acceptors (Lipinski definition) is 6. The second-order valence-corrected chi connectivity index (χ2v) is 6.51. The average Bonchev–Trinajstić information content (AvgIpc) is 2.66. The molecule has 0 aliphatic heterocycles. The number of rotatable bonds is 5. The van der Waals surface area contributed by atoms with Gasteiger partial charge in [0.1, 0.15) is 5.03 Å². The molecule has 0 fully saturated rings. The van der Waals surface area contributed by atoms with Crippen LogP contribution in [0.5, 0.6) is 11.5 Å². The van der Waals surface area contributed by atoms with Gasteiger partial charge in [0.2, 0.25) is 5.82 Å². The summed E-state index contributed by atoms with van der Waals surface area (Å²) >= 11 is 0.807. The van der Waals surface area contributed by atoms with Crippen LogP contribution < -0.4 is 9.47 Å². The molecule has 0 saturated heterocycles. The van der Waals surface area contributed by atoms with Gasteiger partial charge < -0.3 is 14.6 Å². The van der Waals surface area contributed by atoms with E-state index < -0.39 is 18.0 Å². The number of halogens is 3. The summed E-state index contributed by atoms with van der Waals surface area (Å²) in [6.45, 7) is 0. The quantitative estimate of drug-likeness (QED) is 0.620. The van der Waals surface area contributed by atoms with Crippen LogP contribution in [0.2, 0.25) is 0 Å². The Balaban J connectivity index is 2.26. The van der Waals surface area contributed by atoms with E-state index in [-0.39, 0.29) is 37.9 Å². The SMILES string of the molecule is COc1cc2nc(C(F)(F)F)nc(Sc3ccccc3C(=O)O)c2cc1OC. The maximum absolute atomic E-state index is 13.3. The molecule has 0 unspecified atom stereocenters. The average molecular weight is 410 g/mol. The molecule has 1 heterocycles. The number of methoxy groups -OCH3 is 2. The number of nitrogens with zero attached hydrogens (tertiary/aromatic N) is 2. The van der Waals surface area contributed by atoms with Crippen LogP contribution in [0.3, 0.4) is 0 Å². The minimum Gasteiger partial charge on any atom is -0.493 e. The molecule has 0 atom stereocenters. The maximum atomic E-state index is 13.3. The van der Waals surface area contributed by atoms with E-state index in [0.29, 0.717) is 0 Å². The van der Waals surface area contributed by atoms with Crippen molar-refractivity contribution in [3.8, 4) is 11.5 Å². The van der Waals surface area contributed by atoms with Gasteiger partial charge in [0.15, 0.2) is 11.5 Å². The van der Waals surface area contributed by atoms with Crippen LogP contribution in [0, 0.1) is 0 Å². The van der Waals surface area contributed by atoms with Crippen LogP contribution in [0.1, 0.15) is 16.2 Å². The van der Waals surface area contributed by atoms with E-state index in [2.05, 4.69) is 9.97 Å². The Hall–Kier alpha value is -3.01. The summed E-state index contributed by atoms with van der Waals surface area (Å²) in [6.07, 6.45) is -4.77. The molecule has 1 N–H and O–H groups in total. The van der Waals surface area contributed by atoms with Gasteiger partial charge in [-0.1, -0.05) is 23.9 Å². The van der Waals surface area contributed by atoms with E-state index >= 15 is 0 Å². The summed E-state index contributed by atoms with van der Waals surface area (Å²) in [7, 11) is 2.75. The van der Waals surface area contributed by atoms with Crippen molar-refractivity contribution in [1.29, 1.82) is 0 Å². The number of hydrogen-bond donors (Lipinski definition) is 1. The lowest BCUT2D eigenvalue weighted by Gasteiger charge is -2.14. The van der Waals surface area contributed by atoms with Gasteiger partial charge in [-0.2, -0.15) is 13.2 Å². The lowest BCUT2D eigenvalue weighted by molar-refractivity contribution is -0.145. The molecule has 0 saturated carbocycles. The molecular weight excluding hydrogens is 397 g/mol. The highest BCUT2D eigenvalue weighted by Crippen LogP contribution is 2.40. The summed E-state index contributed by atoms with van der Waals surface area (Å²) in [5.41, 5.74) is -0.0522. The largest absolute Gasteiger partial charge is 0.493 e. The van der Waals surface area contributed by atoms with Gasteiger partial charge >= 0.3 is 12.1 Å². The summed E-state index contributed by atoms with van der Waals surface area (Å²) in [5, 5.41) is 9.55. The Morgan fingerprint density at radius 3 is 2.32 bits per heavy atom. The van der Waals surface area contributed by atoms with Crippen molar-refractivity contribution < 1.29 is 32.5 Å². The molecule has 3 rings (SSSR count). The number of aromatic nitrogens is 2. The fraction of sp³-hybridized carbons (Fsp3) is 0.167. The smallest absolute Gasteiger partial charge is 0.451 e. The highest BCUT2D eigenvalue weighted by atomic mass is 32.2. The van der Waals surface area contributed by atoms with Gasteiger partial charge in [0.05, 0.1) is 25.3 Å². The Kier molecular flexibility index (Phi) is 5.32. The second kappa shape index (κ2) is 7.55. The number of carbonyl (C=O) groups is 1. The first-order valence-electron chi connectivity index (χ1n) is 7.75. The van der Waals surface area contributed by atoms with E-state index in [1.165, 1.54) is 44.6 Å². The highest BCUT2D eigenvalue weighted by Gasteiger charge is 2.36. The zero-order valence-corrected chi connectivity index (χ0v) is 15.4. The summed E-state index contributed by atoms with van der Waals surface area (Å²) < 4.78 is 50.2. The third kappa shape index (κ3) is 3.81. The van der Waals surface area contributed by atoms with E-state index in [0.717, 1.165) is 11.8 Å². The molecule has 6 nitrogen and oxygen atoms in total. The first-order chi connectivity index (χ1) is 13.2. The minimum absolute atomic E-state index is 0.00437. The van der Waals surface area contributed by atoms with Gasteiger partial charge in [-0.05, 0) is 18.2 Å². The van der Waals surface area contributed by atoms with Crippen LogP contribution in [0.25, 0.3) is 10.9 Å². The van der Waals surface area contributed by atoms with E-state index in [1.54, 1.807) is 6.07 Å². The molecule has 0 radical (unpaired) electrons. The van der Waals surface area contributed by atoms with E-state index in [4.69, 9.17) is 9.47 Å². The fourth-order valence-corrected chi connectivity index (χ4v) is 3.49. The van der Waals surface area contributed by atoms with Crippen LogP contribution in [-0.4, -0.2) is 35.3 Å². The molecule has 3 aromatic rings. The predicted molar refractivity (Wildman–Crippen MR) is 95.2 cm³/mol. The highest BCUT2D eigenvalue weighted by molar-refractivity contribution is 7.99. The van der Waals surface area contributed by atoms with Crippen molar-refractivity contribution in [3.05, 3.63) is 47.8 Å². The number of ether oxygens (including phenoxy) is 2. The van der Waals surface area contributed by atoms with Gasteiger partial charge in [-0.15, -0.1) is 0 Å². The summed E-state index contributed by atoms with van der Waals surface area (Å²) in [5.74, 6) is -2.03. The number of carboxylic acids is 1. The number of alkyl halides is 3. The normalized spacial score (nSPS) is 11.5. The molecule has 2 aromatic carbocycles. The van der Waals surface area contributed by atoms with Gasteiger partial charge in [-0.3, -0.25) is 0 Å². The molecule has 0 aliphatic carbocycles. The lowest BCUT2D eigenvalue weighted by Crippen LogP contribution is -2.12. The van der Waals surface area contributed by atoms with E-state index in [9.17, 15) is 23.1 Å². The Bertz CT molecular complexity index is 1060. The maximum Gasteiger partial charge on any atom is 0.451 e. The van der Waals surface area contributed by atoms with Gasteiger partial charge in [0, 0.05) is 16.3 Å². The lowest BCUT2D eigenvalue weighted by atomic mass is 10.2. The van der Waals surface area contributed by atoms with Crippen molar-refractivity contribution in [1.82, 2.24) is 9.97 Å². The van der Waals surface area contributed by atoms with E-state index in [1.807, 2.05) is 0 Å². The van der Waals surface area contributed by atoms with Crippen molar-refractivity contribution in [2.75, 3.05) is 14.2 Å². The number of aromatic carboxylic acids is 1. The zero-order chi connectivity index (χ0) is 20.5. The monoisotopic (exact) mass is 410 g/mol. The minimum atomic E-state index is -4.77. The Morgan fingerprint density at radius 2 is 1.71 bits per heavy atom. The third-order valence-electron chi connectivity index (χ3n) is 3.74. The Labute approximate surface area is 161 Å². The zero-order valence-electron chi connectivity index (χ0n) is 14.6. The fourth-order valence-electron chi connectivity index (χ4n) is 2.47. The van der Waals surface area contributed by atoms with Crippen molar-refractivity contribution in [2.24, 2.45) is 0 Å². The molecule has 0 spiro atoms. The molecule has 0 bridgehead atoms. The first-order valence-corrected chi connectivity index (χ1v) is 8.57. The first kappa shape index (κ1) is 19.7. The number of fused-ring (bicyclic) bond motifs is 1. The molecule has 1 aromatic heterocycles. The Morgan fingerprint density at radius 1 is 1.07 bits per heavy atom. The van der Waals surface area contributed by atoms with Gasteiger partial charge in [0.25, 0.3) is 0 Å². The molecule has 0 amide bonds. The standard InChI is InChI=1S/C18H13F3N2O4S/c1-26-12-7-10-11(8-13(12)27-2)22-17(18(19,20)21)23-15(10)28-14-6-4-3-5-9(14)16(24)25/h3-8H,1-2H3,(H,24,25). The summed E-state index contributed by atoms with van der Waals surface area (Å²) in [6, 6.07) is 8.75. The second-order valence-electron chi connectivity index (χ2n) is 5.48. The topological polar surface area (TPSA) is 81.5 Å². The van der Waals surface area contributed by atoms with Crippen molar-refractivity contribution in [2.45, 2.75) is 16.1 Å². The van der Waals surface area contributed by atoms with Crippen LogP contribution in [-0.2, 0) is 6.18 Å². The predicted octanol–water partition coefficient (Wildman–Crippen LogP) is 4.52. The summed E-state index contributed by atoms with van der Waals surface area (Å²) in [4.78, 5) is 18.9. The molecule has 28 heavy (non-hydrogen) atoms. The van der Waals surface area contributed by atoms with Crippen LogP contribution in [0.4, 0.5) is 13.2 Å².